The molecule has 0 bridgehead atoms. The van der Waals surface area contributed by atoms with Crippen molar-refractivity contribution in [2.45, 2.75) is 45.6 Å². The first-order valence-electron chi connectivity index (χ1n) is 9.05. The molecule has 3 aromatic rings. The van der Waals surface area contributed by atoms with Crippen LogP contribution in [-0.2, 0) is 0 Å². The number of aromatic amines is 1. The highest BCUT2D eigenvalue weighted by molar-refractivity contribution is 7.08. The Morgan fingerprint density at radius 3 is 2.76 bits per heavy atom. The van der Waals surface area contributed by atoms with E-state index >= 15 is 0 Å². The molecule has 3 nitrogen and oxygen atoms in total. The van der Waals surface area contributed by atoms with E-state index in [9.17, 15) is 4.79 Å². The first-order chi connectivity index (χ1) is 12.1. The van der Waals surface area contributed by atoms with Crippen LogP contribution >= 0.6 is 11.3 Å². The van der Waals surface area contributed by atoms with E-state index in [4.69, 9.17) is 0 Å². The maximum Gasteiger partial charge on any atom is 0.251 e. The van der Waals surface area contributed by atoms with Gasteiger partial charge in [0.1, 0.15) is 0 Å². The van der Waals surface area contributed by atoms with Crippen molar-refractivity contribution in [2.75, 3.05) is 0 Å². The van der Waals surface area contributed by atoms with E-state index < -0.39 is 0 Å². The summed E-state index contributed by atoms with van der Waals surface area (Å²) in [6, 6.07) is 8.23. The Labute approximate surface area is 152 Å². The molecule has 130 valence electrons. The van der Waals surface area contributed by atoms with Crippen molar-refractivity contribution in [2.24, 2.45) is 5.92 Å². The van der Waals surface area contributed by atoms with Gasteiger partial charge in [0.2, 0.25) is 0 Å². The van der Waals surface area contributed by atoms with Gasteiger partial charge in [0.25, 0.3) is 5.91 Å². The second-order valence-electron chi connectivity index (χ2n) is 7.19. The first kappa shape index (κ1) is 16.4. The van der Waals surface area contributed by atoms with Gasteiger partial charge < -0.3 is 10.3 Å². The maximum atomic E-state index is 13.0. The van der Waals surface area contributed by atoms with Crippen molar-refractivity contribution in [3.8, 4) is 0 Å². The lowest BCUT2D eigenvalue weighted by molar-refractivity contribution is 0.0922. The average Bonchev–Trinajstić information content (AvgIpc) is 3.36. The van der Waals surface area contributed by atoms with Crippen LogP contribution in [0.1, 0.15) is 58.9 Å². The molecule has 4 heteroatoms. The zero-order valence-corrected chi connectivity index (χ0v) is 15.6. The van der Waals surface area contributed by atoms with E-state index in [1.807, 2.05) is 18.2 Å². The van der Waals surface area contributed by atoms with Crippen molar-refractivity contribution in [3.63, 3.8) is 0 Å². The van der Waals surface area contributed by atoms with Gasteiger partial charge in [-0.25, -0.2) is 0 Å². The molecule has 1 aliphatic rings. The van der Waals surface area contributed by atoms with E-state index in [1.165, 1.54) is 36.8 Å². The Bertz CT molecular complexity index is 888. The topological polar surface area (TPSA) is 44.9 Å². The van der Waals surface area contributed by atoms with Gasteiger partial charge in [0.15, 0.2) is 0 Å². The summed E-state index contributed by atoms with van der Waals surface area (Å²) in [5.74, 6) is 0.585. The van der Waals surface area contributed by atoms with Crippen LogP contribution < -0.4 is 5.32 Å². The largest absolute Gasteiger partial charge is 0.358 e. The van der Waals surface area contributed by atoms with Crippen LogP contribution in [0.15, 0.2) is 35.0 Å². The van der Waals surface area contributed by atoms with Crippen molar-refractivity contribution in [3.05, 3.63) is 57.4 Å². The number of H-pyrrole nitrogens is 1. The van der Waals surface area contributed by atoms with Crippen LogP contribution in [0.5, 0.6) is 0 Å². The molecule has 2 aromatic heterocycles. The van der Waals surface area contributed by atoms with E-state index in [1.54, 1.807) is 11.3 Å². The Balaban J connectivity index is 1.62. The Morgan fingerprint density at radius 2 is 2.04 bits per heavy atom. The third kappa shape index (κ3) is 3.11. The summed E-state index contributed by atoms with van der Waals surface area (Å²) in [5, 5.41) is 8.73. The van der Waals surface area contributed by atoms with Gasteiger partial charge in [-0.05, 0) is 78.8 Å². The molecular weight excluding hydrogens is 328 g/mol. The lowest BCUT2D eigenvalue weighted by atomic mass is 9.93. The molecule has 0 aliphatic heterocycles. The third-order valence-corrected chi connectivity index (χ3v) is 6.33. The van der Waals surface area contributed by atoms with Crippen molar-refractivity contribution < 1.29 is 4.79 Å². The number of nitrogens with one attached hydrogen (secondary N) is 2. The molecule has 2 N–H and O–H groups in total. The molecule has 0 saturated heterocycles. The van der Waals surface area contributed by atoms with Crippen LogP contribution in [0.4, 0.5) is 0 Å². The molecule has 0 radical (unpaired) electrons. The van der Waals surface area contributed by atoms with Crippen LogP contribution in [0.2, 0.25) is 0 Å². The van der Waals surface area contributed by atoms with Gasteiger partial charge in [0.05, 0.1) is 6.04 Å². The van der Waals surface area contributed by atoms with E-state index in [2.05, 4.69) is 41.0 Å². The molecule has 0 spiro atoms. The molecule has 1 fully saturated rings. The van der Waals surface area contributed by atoms with Gasteiger partial charge in [-0.15, -0.1) is 0 Å². The number of benzene rings is 1. The predicted molar refractivity (Wildman–Crippen MR) is 104 cm³/mol. The van der Waals surface area contributed by atoms with Gasteiger partial charge >= 0.3 is 0 Å². The minimum Gasteiger partial charge on any atom is -0.358 e. The second kappa shape index (κ2) is 6.68. The summed E-state index contributed by atoms with van der Waals surface area (Å²) < 4.78 is 0. The Morgan fingerprint density at radius 1 is 1.24 bits per heavy atom. The van der Waals surface area contributed by atoms with Crippen LogP contribution in [0.3, 0.4) is 0 Å². The standard InChI is InChI=1S/C21H24N2OS/c1-13-14(2)22-19-8-7-16(11-18(13)19)21(24)23-20(15-5-3-4-6-15)17-9-10-25-12-17/h7-12,15,20,22H,3-6H2,1-2H3,(H,23,24). The van der Waals surface area contributed by atoms with Gasteiger partial charge in [-0.1, -0.05) is 12.8 Å². The summed E-state index contributed by atoms with van der Waals surface area (Å²) in [5.41, 5.74) is 5.47. The van der Waals surface area contributed by atoms with Crippen molar-refractivity contribution in [1.29, 1.82) is 0 Å². The minimum absolute atomic E-state index is 0.0308. The monoisotopic (exact) mass is 352 g/mol. The fourth-order valence-electron chi connectivity index (χ4n) is 4.04. The first-order valence-corrected chi connectivity index (χ1v) is 9.99. The number of hydrogen-bond donors (Lipinski definition) is 2. The number of carbonyl (C=O) groups is 1. The molecule has 2 heterocycles. The molecular formula is C21H24N2OS. The highest BCUT2D eigenvalue weighted by Crippen LogP contribution is 2.36. The average molecular weight is 353 g/mol. The smallest absolute Gasteiger partial charge is 0.251 e. The van der Waals surface area contributed by atoms with Crippen LogP contribution in [0, 0.1) is 19.8 Å². The molecule has 1 saturated carbocycles. The molecule has 4 rings (SSSR count). The number of fused-ring (bicyclic) bond motifs is 1. The number of rotatable bonds is 4. The minimum atomic E-state index is 0.0308. The predicted octanol–water partition coefficient (Wildman–Crippen LogP) is 5.51. The summed E-state index contributed by atoms with van der Waals surface area (Å²) in [6.07, 6.45) is 4.95. The maximum absolute atomic E-state index is 13.0. The van der Waals surface area contributed by atoms with Crippen molar-refractivity contribution >= 4 is 28.1 Å². The highest BCUT2D eigenvalue weighted by atomic mass is 32.1. The highest BCUT2D eigenvalue weighted by Gasteiger charge is 2.28. The molecule has 1 atom stereocenters. The molecule has 1 amide bonds. The normalized spacial score (nSPS) is 16.4. The zero-order valence-electron chi connectivity index (χ0n) is 14.8. The zero-order chi connectivity index (χ0) is 17.4. The fourth-order valence-corrected chi connectivity index (χ4v) is 4.74. The molecule has 1 unspecified atom stereocenters. The van der Waals surface area contributed by atoms with Crippen LogP contribution in [0.25, 0.3) is 10.9 Å². The van der Waals surface area contributed by atoms with Crippen molar-refractivity contribution in [1.82, 2.24) is 10.3 Å². The second-order valence-corrected chi connectivity index (χ2v) is 7.97. The summed E-state index contributed by atoms with van der Waals surface area (Å²) in [6.45, 7) is 4.17. The van der Waals surface area contributed by atoms with E-state index in [0.717, 1.165) is 22.2 Å². The van der Waals surface area contributed by atoms with Gasteiger partial charge in [-0.2, -0.15) is 11.3 Å². The summed E-state index contributed by atoms with van der Waals surface area (Å²) in [7, 11) is 0. The lowest BCUT2D eigenvalue weighted by Gasteiger charge is -2.24. The molecule has 1 aliphatic carbocycles. The summed E-state index contributed by atoms with van der Waals surface area (Å²) in [4.78, 5) is 16.3. The molecule has 1 aromatic carbocycles. The summed E-state index contributed by atoms with van der Waals surface area (Å²) >= 11 is 1.70. The van der Waals surface area contributed by atoms with E-state index in [-0.39, 0.29) is 11.9 Å². The third-order valence-electron chi connectivity index (χ3n) is 5.63. The number of amides is 1. The fraction of sp³-hybridized carbons (Fsp3) is 0.381. The van der Waals surface area contributed by atoms with Crippen LogP contribution in [-0.4, -0.2) is 10.9 Å². The van der Waals surface area contributed by atoms with Gasteiger partial charge in [0, 0.05) is 22.2 Å². The number of aryl methyl sites for hydroxylation is 2. The Kier molecular flexibility index (Phi) is 4.38. The Hall–Kier alpha value is -2.07. The molecule has 25 heavy (non-hydrogen) atoms. The quantitative estimate of drug-likeness (QED) is 0.639. The number of aromatic nitrogens is 1. The van der Waals surface area contributed by atoms with Gasteiger partial charge in [-0.3, -0.25) is 4.79 Å². The lowest BCUT2D eigenvalue weighted by Crippen LogP contribution is -2.32. The SMILES string of the molecule is Cc1[nH]c2ccc(C(=O)NC(c3ccsc3)C3CCCC3)cc2c1C. The number of hydrogen-bond acceptors (Lipinski definition) is 2. The number of carbonyl (C=O) groups excluding carboxylic acids is 1. The number of thiophene rings is 1. The van der Waals surface area contributed by atoms with E-state index in [0.29, 0.717) is 5.92 Å².